The third-order valence-corrected chi connectivity index (χ3v) is 5.01. The molecule has 116 valence electrons. The van der Waals surface area contributed by atoms with Gasteiger partial charge in [0.25, 0.3) is 0 Å². The van der Waals surface area contributed by atoms with Crippen LogP contribution < -0.4 is 0 Å². The lowest BCUT2D eigenvalue weighted by Crippen LogP contribution is -2.35. The number of unbranched alkanes of at least 4 members (excludes halogenated alkanes) is 3. The van der Waals surface area contributed by atoms with Crippen molar-refractivity contribution >= 4 is 5.97 Å². The van der Waals surface area contributed by atoms with Crippen LogP contribution in [0.3, 0.4) is 0 Å². The molecule has 0 aromatic heterocycles. The van der Waals surface area contributed by atoms with E-state index in [4.69, 9.17) is 0 Å². The van der Waals surface area contributed by atoms with E-state index in [0.717, 1.165) is 32.1 Å². The van der Waals surface area contributed by atoms with Crippen molar-refractivity contribution in [2.24, 2.45) is 23.2 Å². The number of rotatable bonds is 7. The molecule has 0 heterocycles. The zero-order chi connectivity index (χ0) is 15.2. The molecule has 3 atom stereocenters. The highest BCUT2D eigenvalue weighted by molar-refractivity contribution is 5.70. The first-order valence-electron chi connectivity index (χ1n) is 8.20. The topological polar surface area (TPSA) is 37.3 Å². The normalized spacial score (nSPS) is 27.2. The van der Waals surface area contributed by atoms with E-state index in [1.54, 1.807) is 0 Å². The van der Waals surface area contributed by atoms with Gasteiger partial charge in [-0.3, -0.25) is 4.79 Å². The lowest BCUT2D eigenvalue weighted by atomic mass is 9.64. The molecule has 0 aromatic carbocycles. The minimum absolute atomic E-state index is 0.104. The summed E-state index contributed by atoms with van der Waals surface area (Å²) in [6.45, 7) is 10.6. The first-order chi connectivity index (χ1) is 9.36. The Morgan fingerprint density at radius 3 is 2.50 bits per heavy atom. The molecule has 0 radical (unpaired) electrons. The fourth-order valence-corrected chi connectivity index (χ4v) is 3.57. The van der Waals surface area contributed by atoms with Crippen molar-refractivity contribution in [1.82, 2.24) is 0 Å². The summed E-state index contributed by atoms with van der Waals surface area (Å²) in [6.07, 6.45) is 10.7. The molecule has 1 aliphatic carbocycles. The molecule has 0 saturated heterocycles. The molecule has 3 unspecified atom stereocenters. The summed E-state index contributed by atoms with van der Waals surface area (Å²) in [7, 11) is 0. The summed E-state index contributed by atoms with van der Waals surface area (Å²) in [5.41, 5.74) is 0.310. The van der Waals surface area contributed by atoms with Crippen molar-refractivity contribution in [2.75, 3.05) is 0 Å². The molecule has 2 heteroatoms. The Morgan fingerprint density at radius 1 is 1.25 bits per heavy atom. The molecular formula is C18H32O2. The quantitative estimate of drug-likeness (QED) is 0.508. The third-order valence-electron chi connectivity index (χ3n) is 5.01. The van der Waals surface area contributed by atoms with E-state index in [1.807, 2.05) is 6.08 Å². The van der Waals surface area contributed by atoms with Crippen molar-refractivity contribution in [3.63, 3.8) is 0 Å². The number of hydrogen-bond donors (Lipinski definition) is 1. The van der Waals surface area contributed by atoms with Gasteiger partial charge in [0.1, 0.15) is 0 Å². The first-order valence-corrected chi connectivity index (χ1v) is 8.20. The lowest BCUT2D eigenvalue weighted by Gasteiger charge is -2.40. The van der Waals surface area contributed by atoms with Gasteiger partial charge in [-0.1, -0.05) is 39.7 Å². The van der Waals surface area contributed by atoms with Crippen LogP contribution in [0.15, 0.2) is 12.7 Å². The Bertz CT molecular complexity index is 314. The molecule has 1 rings (SSSR count). The second-order valence-electron chi connectivity index (χ2n) is 7.51. The van der Waals surface area contributed by atoms with Gasteiger partial charge in [-0.15, -0.1) is 6.58 Å². The SMILES string of the molecule is C=CCCCCCC1CC(C(C)(C)C)CCC1C(=O)O. The summed E-state index contributed by atoms with van der Waals surface area (Å²) >= 11 is 0. The standard InChI is InChI=1S/C18H32O2/c1-5-6-7-8-9-10-14-13-15(18(2,3)4)11-12-16(14)17(19)20/h5,14-16H,1,6-13H2,2-4H3,(H,19,20). The Kier molecular flexibility index (Phi) is 6.78. The Morgan fingerprint density at radius 2 is 1.95 bits per heavy atom. The zero-order valence-electron chi connectivity index (χ0n) is 13.5. The van der Waals surface area contributed by atoms with E-state index in [9.17, 15) is 9.90 Å². The number of allylic oxidation sites excluding steroid dienone is 1. The van der Waals surface area contributed by atoms with Gasteiger partial charge in [0.15, 0.2) is 0 Å². The average molecular weight is 280 g/mol. The van der Waals surface area contributed by atoms with E-state index >= 15 is 0 Å². The van der Waals surface area contributed by atoms with Gasteiger partial charge < -0.3 is 5.11 Å². The van der Waals surface area contributed by atoms with Crippen LogP contribution in [0, 0.1) is 23.2 Å². The third kappa shape index (κ3) is 5.30. The monoisotopic (exact) mass is 280 g/mol. The highest BCUT2D eigenvalue weighted by Crippen LogP contribution is 2.44. The van der Waals surface area contributed by atoms with Gasteiger partial charge in [0.2, 0.25) is 0 Å². The second-order valence-corrected chi connectivity index (χ2v) is 7.51. The average Bonchev–Trinajstić information content (AvgIpc) is 2.37. The molecule has 20 heavy (non-hydrogen) atoms. The highest BCUT2D eigenvalue weighted by Gasteiger charge is 2.38. The Balaban J connectivity index is 2.51. The van der Waals surface area contributed by atoms with Gasteiger partial charge in [-0.05, 0) is 55.8 Å². The van der Waals surface area contributed by atoms with Crippen LogP contribution in [0.2, 0.25) is 0 Å². The minimum Gasteiger partial charge on any atom is -0.481 e. The second kappa shape index (κ2) is 7.85. The van der Waals surface area contributed by atoms with Crippen LogP contribution >= 0.6 is 0 Å². The highest BCUT2D eigenvalue weighted by atomic mass is 16.4. The molecule has 0 bridgehead atoms. The summed E-state index contributed by atoms with van der Waals surface area (Å²) < 4.78 is 0. The van der Waals surface area contributed by atoms with Crippen molar-refractivity contribution in [1.29, 1.82) is 0 Å². The maximum absolute atomic E-state index is 11.4. The summed E-state index contributed by atoms with van der Waals surface area (Å²) in [5, 5.41) is 9.43. The predicted molar refractivity (Wildman–Crippen MR) is 84.7 cm³/mol. The smallest absolute Gasteiger partial charge is 0.306 e. The zero-order valence-corrected chi connectivity index (χ0v) is 13.5. The summed E-state index contributed by atoms with van der Waals surface area (Å²) in [5.74, 6) is 0.381. The van der Waals surface area contributed by atoms with Gasteiger partial charge >= 0.3 is 5.97 Å². The van der Waals surface area contributed by atoms with E-state index in [1.165, 1.54) is 19.3 Å². The number of carboxylic acids is 1. The van der Waals surface area contributed by atoms with Crippen molar-refractivity contribution in [3.05, 3.63) is 12.7 Å². The molecule has 1 aliphatic rings. The van der Waals surface area contributed by atoms with Gasteiger partial charge in [-0.2, -0.15) is 0 Å². The summed E-state index contributed by atoms with van der Waals surface area (Å²) in [6, 6.07) is 0. The Labute approximate surface area is 124 Å². The molecule has 1 N–H and O–H groups in total. The number of carbonyl (C=O) groups is 1. The number of hydrogen-bond acceptors (Lipinski definition) is 1. The molecule has 2 nitrogen and oxygen atoms in total. The summed E-state index contributed by atoms with van der Waals surface area (Å²) in [4.78, 5) is 11.4. The molecule has 1 saturated carbocycles. The van der Waals surface area contributed by atoms with Crippen LogP contribution in [0.4, 0.5) is 0 Å². The lowest BCUT2D eigenvalue weighted by molar-refractivity contribution is -0.146. The fraction of sp³-hybridized carbons (Fsp3) is 0.833. The maximum atomic E-state index is 11.4. The van der Waals surface area contributed by atoms with Crippen molar-refractivity contribution in [3.8, 4) is 0 Å². The van der Waals surface area contributed by atoms with E-state index < -0.39 is 5.97 Å². The van der Waals surface area contributed by atoms with Gasteiger partial charge in [0.05, 0.1) is 5.92 Å². The first kappa shape index (κ1) is 17.3. The number of aliphatic carboxylic acids is 1. The number of carboxylic acid groups (broad SMARTS) is 1. The largest absolute Gasteiger partial charge is 0.481 e. The van der Waals surface area contributed by atoms with Crippen molar-refractivity contribution in [2.45, 2.75) is 72.1 Å². The molecular weight excluding hydrogens is 248 g/mol. The van der Waals surface area contributed by atoms with Crippen LogP contribution in [0.5, 0.6) is 0 Å². The van der Waals surface area contributed by atoms with Crippen LogP contribution in [0.25, 0.3) is 0 Å². The van der Waals surface area contributed by atoms with Gasteiger partial charge in [0, 0.05) is 0 Å². The molecule has 0 aliphatic heterocycles. The van der Waals surface area contributed by atoms with Crippen LogP contribution in [0.1, 0.15) is 72.1 Å². The van der Waals surface area contributed by atoms with E-state index in [2.05, 4.69) is 27.4 Å². The van der Waals surface area contributed by atoms with Crippen molar-refractivity contribution < 1.29 is 9.90 Å². The molecule has 0 amide bonds. The molecule has 1 fully saturated rings. The molecule has 0 aromatic rings. The van der Waals surface area contributed by atoms with E-state index in [0.29, 0.717) is 17.3 Å². The van der Waals surface area contributed by atoms with Crippen LogP contribution in [-0.4, -0.2) is 11.1 Å². The predicted octanol–water partition coefficient (Wildman–Crippen LogP) is 5.29. The fourth-order valence-electron chi connectivity index (χ4n) is 3.57. The van der Waals surface area contributed by atoms with E-state index in [-0.39, 0.29) is 5.92 Å². The molecule has 0 spiro atoms. The Hall–Kier alpha value is -0.790. The minimum atomic E-state index is -0.576. The maximum Gasteiger partial charge on any atom is 0.306 e. The van der Waals surface area contributed by atoms with Crippen LogP contribution in [-0.2, 0) is 4.79 Å². The van der Waals surface area contributed by atoms with Gasteiger partial charge in [-0.25, -0.2) is 0 Å².